The van der Waals surface area contributed by atoms with Gasteiger partial charge in [0.15, 0.2) is 0 Å². The molecule has 2 heterocycles. The van der Waals surface area contributed by atoms with Crippen LogP contribution in [-0.2, 0) is 19.4 Å². The van der Waals surface area contributed by atoms with Gasteiger partial charge in [-0.25, -0.2) is 0 Å². The highest BCUT2D eigenvalue weighted by atomic mass is 15.0. The zero-order valence-electron chi connectivity index (χ0n) is 17.9. The molecule has 2 heteroatoms. The van der Waals surface area contributed by atoms with E-state index in [9.17, 15) is 0 Å². The molecule has 0 saturated heterocycles. The zero-order valence-corrected chi connectivity index (χ0v) is 17.9. The van der Waals surface area contributed by atoms with Gasteiger partial charge in [-0.3, -0.25) is 4.98 Å². The van der Waals surface area contributed by atoms with E-state index in [-0.39, 0.29) is 0 Å². The molecule has 2 nitrogen and oxygen atoms in total. The fraction of sp³-hybridized carbons (Fsp3) is 0.296. The van der Waals surface area contributed by atoms with Crippen molar-refractivity contribution >= 4 is 10.9 Å². The van der Waals surface area contributed by atoms with Crippen LogP contribution in [0.2, 0.25) is 0 Å². The van der Waals surface area contributed by atoms with Gasteiger partial charge in [0.25, 0.3) is 0 Å². The molecule has 0 atom stereocenters. The molecular weight excluding hydrogens is 352 g/mol. The van der Waals surface area contributed by atoms with Crippen LogP contribution in [0.15, 0.2) is 67.0 Å². The highest BCUT2D eigenvalue weighted by molar-refractivity contribution is 5.84. The highest BCUT2D eigenvalue weighted by Crippen LogP contribution is 2.30. The van der Waals surface area contributed by atoms with Gasteiger partial charge in [-0.1, -0.05) is 70.2 Å². The van der Waals surface area contributed by atoms with Crippen molar-refractivity contribution in [3.05, 3.63) is 89.2 Å². The predicted octanol–water partition coefficient (Wildman–Crippen LogP) is 7.00. The van der Waals surface area contributed by atoms with Gasteiger partial charge >= 0.3 is 0 Å². The molecule has 0 N–H and O–H groups in total. The Morgan fingerprint density at radius 3 is 2.21 bits per heavy atom. The molecular formula is C27H30N2. The quantitative estimate of drug-likeness (QED) is 0.351. The lowest BCUT2D eigenvalue weighted by Gasteiger charge is -2.13. The molecule has 0 radical (unpaired) electrons. The molecule has 4 aromatic rings. The van der Waals surface area contributed by atoms with Crippen molar-refractivity contribution in [1.29, 1.82) is 0 Å². The first-order valence-corrected chi connectivity index (χ1v) is 10.8. The third-order valence-corrected chi connectivity index (χ3v) is 5.91. The van der Waals surface area contributed by atoms with Crippen molar-refractivity contribution in [1.82, 2.24) is 9.55 Å². The van der Waals surface area contributed by atoms with Crippen LogP contribution in [0.5, 0.6) is 0 Å². The van der Waals surface area contributed by atoms with Crippen molar-refractivity contribution < 1.29 is 0 Å². The van der Waals surface area contributed by atoms with E-state index in [1.165, 1.54) is 38.7 Å². The number of nitrogens with zero attached hydrogens (tertiary/aromatic N) is 2. The van der Waals surface area contributed by atoms with E-state index in [1.54, 1.807) is 0 Å². The Bertz CT molecular complexity index is 1090. The Morgan fingerprint density at radius 1 is 0.897 bits per heavy atom. The van der Waals surface area contributed by atoms with Gasteiger partial charge in [0.1, 0.15) is 0 Å². The van der Waals surface area contributed by atoms with E-state index in [0.29, 0.717) is 5.92 Å². The summed E-state index contributed by atoms with van der Waals surface area (Å²) < 4.78 is 2.29. The van der Waals surface area contributed by atoms with E-state index >= 15 is 0 Å². The molecule has 0 aliphatic carbocycles. The lowest BCUT2D eigenvalue weighted by molar-refractivity contribution is 0.827. The second-order valence-electron chi connectivity index (χ2n) is 8.13. The number of rotatable bonds is 6. The number of pyridine rings is 1. The predicted molar refractivity (Wildman–Crippen MR) is 124 cm³/mol. The smallest absolute Gasteiger partial charge is 0.0715 e. The summed E-state index contributed by atoms with van der Waals surface area (Å²) in [4.78, 5) is 4.89. The van der Waals surface area contributed by atoms with E-state index in [0.717, 1.165) is 25.1 Å². The molecule has 0 unspecified atom stereocenters. The van der Waals surface area contributed by atoms with Crippen LogP contribution in [0.4, 0.5) is 0 Å². The van der Waals surface area contributed by atoms with Gasteiger partial charge in [-0.15, -0.1) is 0 Å². The number of hydrogen-bond donors (Lipinski definition) is 0. The molecule has 148 valence electrons. The molecule has 0 saturated carbocycles. The summed E-state index contributed by atoms with van der Waals surface area (Å²) in [5, 5.41) is 1.25. The van der Waals surface area contributed by atoms with Gasteiger partial charge in [-0.05, 0) is 53.1 Å². The Kier molecular flexibility index (Phi) is 5.53. The summed E-state index contributed by atoms with van der Waals surface area (Å²) >= 11 is 0. The van der Waals surface area contributed by atoms with Crippen molar-refractivity contribution in [3.8, 4) is 11.3 Å². The van der Waals surface area contributed by atoms with Crippen LogP contribution in [-0.4, -0.2) is 9.55 Å². The zero-order chi connectivity index (χ0) is 20.4. The van der Waals surface area contributed by atoms with Crippen molar-refractivity contribution in [2.75, 3.05) is 0 Å². The van der Waals surface area contributed by atoms with Crippen LogP contribution in [0, 0.1) is 0 Å². The van der Waals surface area contributed by atoms with E-state index in [2.05, 4.69) is 93.1 Å². The van der Waals surface area contributed by atoms with Gasteiger partial charge < -0.3 is 4.57 Å². The summed E-state index contributed by atoms with van der Waals surface area (Å²) in [5.74, 6) is 0.568. The van der Waals surface area contributed by atoms with Crippen LogP contribution in [0.1, 0.15) is 55.9 Å². The Labute approximate surface area is 174 Å². The maximum absolute atomic E-state index is 4.89. The number of fused-ring (bicyclic) bond motifs is 1. The molecule has 0 bridgehead atoms. The average molecular weight is 383 g/mol. The first kappa shape index (κ1) is 19.4. The van der Waals surface area contributed by atoms with Crippen LogP contribution < -0.4 is 0 Å². The molecule has 2 aromatic heterocycles. The first-order chi connectivity index (χ1) is 14.1. The second-order valence-corrected chi connectivity index (χ2v) is 8.13. The van der Waals surface area contributed by atoms with Gasteiger partial charge in [0.2, 0.25) is 0 Å². The van der Waals surface area contributed by atoms with Gasteiger partial charge in [0, 0.05) is 23.7 Å². The Morgan fingerprint density at radius 2 is 1.59 bits per heavy atom. The van der Waals surface area contributed by atoms with E-state index in [1.807, 2.05) is 6.20 Å². The maximum atomic E-state index is 4.89. The van der Waals surface area contributed by atoms with Gasteiger partial charge in [-0.2, -0.15) is 0 Å². The summed E-state index contributed by atoms with van der Waals surface area (Å²) in [7, 11) is 0. The molecule has 0 fully saturated rings. The minimum Gasteiger partial charge on any atom is -0.342 e. The van der Waals surface area contributed by atoms with E-state index in [4.69, 9.17) is 4.98 Å². The van der Waals surface area contributed by atoms with Gasteiger partial charge in [0.05, 0.1) is 17.4 Å². The SMILES string of the molecule is CCc1cccc(CC)c1-c1cc2ccn(Cc3ccc(C(C)C)cc3)c2cn1. The van der Waals surface area contributed by atoms with Crippen molar-refractivity contribution in [2.24, 2.45) is 0 Å². The average Bonchev–Trinajstić information content (AvgIpc) is 3.15. The topological polar surface area (TPSA) is 17.8 Å². The maximum Gasteiger partial charge on any atom is 0.0715 e. The highest BCUT2D eigenvalue weighted by Gasteiger charge is 2.12. The fourth-order valence-electron chi connectivity index (χ4n) is 4.14. The molecule has 4 rings (SSSR count). The first-order valence-electron chi connectivity index (χ1n) is 10.8. The van der Waals surface area contributed by atoms with Crippen LogP contribution >= 0.6 is 0 Å². The molecule has 2 aromatic carbocycles. The Hall–Kier alpha value is -2.87. The summed E-state index contributed by atoms with van der Waals surface area (Å²) in [6.07, 6.45) is 6.27. The summed E-state index contributed by atoms with van der Waals surface area (Å²) in [5.41, 5.74) is 9.05. The van der Waals surface area contributed by atoms with Crippen LogP contribution in [0.25, 0.3) is 22.2 Å². The molecule has 0 aliphatic heterocycles. The van der Waals surface area contributed by atoms with Crippen molar-refractivity contribution in [2.45, 2.75) is 53.0 Å². The van der Waals surface area contributed by atoms with Crippen LogP contribution in [0.3, 0.4) is 0 Å². The number of hydrogen-bond acceptors (Lipinski definition) is 1. The largest absolute Gasteiger partial charge is 0.342 e. The molecule has 0 aliphatic rings. The molecule has 0 spiro atoms. The van der Waals surface area contributed by atoms with E-state index < -0.39 is 0 Å². The minimum absolute atomic E-state index is 0.568. The van der Waals surface area contributed by atoms with Crippen molar-refractivity contribution in [3.63, 3.8) is 0 Å². The number of aryl methyl sites for hydroxylation is 2. The standard InChI is InChI=1S/C27H30N2/c1-5-21-8-7-9-22(6-2)27(21)25-16-24-14-15-29(26(24)17-28-25)18-20-10-12-23(13-11-20)19(3)4/h7-17,19H,5-6,18H2,1-4H3. The summed E-state index contributed by atoms with van der Waals surface area (Å²) in [6, 6.07) is 20.1. The lowest BCUT2D eigenvalue weighted by Crippen LogP contribution is -2.00. The fourth-order valence-corrected chi connectivity index (χ4v) is 4.14. The summed E-state index contributed by atoms with van der Waals surface area (Å²) in [6.45, 7) is 9.78. The monoisotopic (exact) mass is 382 g/mol. The minimum atomic E-state index is 0.568. The molecule has 0 amide bonds. The normalized spacial score (nSPS) is 11.5. The third-order valence-electron chi connectivity index (χ3n) is 5.91. The third kappa shape index (κ3) is 3.85. The number of aromatic nitrogens is 2. The Balaban J connectivity index is 1.68. The number of benzene rings is 2. The molecule has 29 heavy (non-hydrogen) atoms. The second kappa shape index (κ2) is 8.24. The lowest BCUT2D eigenvalue weighted by atomic mass is 9.94.